The van der Waals surface area contributed by atoms with E-state index in [9.17, 15) is 0 Å². The number of allylic oxidation sites excluding steroid dienone is 3. The van der Waals surface area contributed by atoms with E-state index in [1.807, 2.05) is 31.1 Å². The predicted octanol–water partition coefficient (Wildman–Crippen LogP) is 4.70. The molecule has 0 spiro atoms. The summed E-state index contributed by atoms with van der Waals surface area (Å²) in [6.45, 7) is 6.29. The van der Waals surface area contributed by atoms with Gasteiger partial charge in [0.25, 0.3) is 0 Å². The summed E-state index contributed by atoms with van der Waals surface area (Å²) in [7, 11) is 0. The second-order valence-electron chi connectivity index (χ2n) is 4.00. The number of pyridine rings is 1. The fourth-order valence-electron chi connectivity index (χ4n) is 1.87. The van der Waals surface area contributed by atoms with Crippen molar-refractivity contribution < 1.29 is 0 Å². The summed E-state index contributed by atoms with van der Waals surface area (Å²) < 4.78 is 0. The summed E-state index contributed by atoms with van der Waals surface area (Å²) in [5.41, 5.74) is 2.27. The SMILES string of the molecule is CC=CC(=CC)Sc1c(CC)cnc2[nH]ccc12. The minimum atomic E-state index is 0.964. The van der Waals surface area contributed by atoms with Gasteiger partial charge in [-0.15, -0.1) is 0 Å². The van der Waals surface area contributed by atoms with Crippen LogP contribution in [0.4, 0.5) is 0 Å². The largest absolute Gasteiger partial charge is 0.346 e. The lowest BCUT2D eigenvalue weighted by atomic mass is 10.2. The molecule has 0 radical (unpaired) electrons. The van der Waals surface area contributed by atoms with E-state index in [0.29, 0.717) is 0 Å². The van der Waals surface area contributed by atoms with Crippen LogP contribution in [0.2, 0.25) is 0 Å². The van der Waals surface area contributed by atoms with Crippen molar-refractivity contribution in [3.63, 3.8) is 0 Å². The Morgan fingerprint density at radius 3 is 2.94 bits per heavy atom. The van der Waals surface area contributed by atoms with Gasteiger partial charge in [0.1, 0.15) is 5.65 Å². The van der Waals surface area contributed by atoms with Gasteiger partial charge in [0.05, 0.1) is 0 Å². The van der Waals surface area contributed by atoms with Crippen LogP contribution in [-0.2, 0) is 6.42 Å². The van der Waals surface area contributed by atoms with E-state index in [2.05, 4.69) is 48.1 Å². The zero-order valence-electron chi connectivity index (χ0n) is 11.0. The van der Waals surface area contributed by atoms with Crippen molar-refractivity contribution in [2.75, 3.05) is 0 Å². The molecule has 3 heteroatoms. The first-order chi connectivity index (χ1) is 8.80. The van der Waals surface area contributed by atoms with E-state index < -0.39 is 0 Å². The Labute approximate surface area is 112 Å². The maximum atomic E-state index is 4.45. The Morgan fingerprint density at radius 2 is 2.28 bits per heavy atom. The van der Waals surface area contributed by atoms with Crippen molar-refractivity contribution in [1.82, 2.24) is 9.97 Å². The first kappa shape index (κ1) is 13.0. The second kappa shape index (κ2) is 5.91. The number of H-pyrrole nitrogens is 1. The number of thioether (sulfide) groups is 1. The van der Waals surface area contributed by atoms with Gasteiger partial charge in [-0.2, -0.15) is 0 Å². The standard InChI is InChI=1S/C15H18N2S/c1-4-7-12(6-3)18-14-11(5-2)10-17-15-13(14)8-9-16-15/h4,6-10H,5H2,1-3H3,(H,16,17). The van der Waals surface area contributed by atoms with E-state index in [-0.39, 0.29) is 0 Å². The van der Waals surface area contributed by atoms with Crippen LogP contribution in [-0.4, -0.2) is 9.97 Å². The third-order valence-corrected chi connectivity index (χ3v) is 4.12. The summed E-state index contributed by atoms with van der Waals surface area (Å²) in [6, 6.07) is 2.10. The quantitative estimate of drug-likeness (QED) is 0.636. The molecule has 0 fully saturated rings. The molecule has 0 unspecified atom stereocenters. The first-order valence-electron chi connectivity index (χ1n) is 6.22. The van der Waals surface area contributed by atoms with E-state index in [4.69, 9.17) is 0 Å². The van der Waals surface area contributed by atoms with Crippen molar-refractivity contribution in [2.24, 2.45) is 0 Å². The summed E-state index contributed by atoms with van der Waals surface area (Å²) >= 11 is 1.81. The third-order valence-electron chi connectivity index (χ3n) is 2.83. The van der Waals surface area contributed by atoms with Crippen molar-refractivity contribution in [1.29, 1.82) is 0 Å². The molecule has 0 atom stereocenters. The van der Waals surface area contributed by atoms with Crippen LogP contribution in [0, 0.1) is 0 Å². The van der Waals surface area contributed by atoms with Gasteiger partial charge < -0.3 is 4.98 Å². The minimum absolute atomic E-state index is 0.964. The van der Waals surface area contributed by atoms with Crippen molar-refractivity contribution in [2.45, 2.75) is 32.1 Å². The van der Waals surface area contributed by atoms with Gasteiger partial charge in [-0.1, -0.05) is 36.9 Å². The normalized spacial score (nSPS) is 12.7. The van der Waals surface area contributed by atoms with E-state index >= 15 is 0 Å². The Morgan fingerprint density at radius 1 is 1.44 bits per heavy atom. The van der Waals surface area contributed by atoms with E-state index in [1.165, 1.54) is 20.8 Å². The number of aromatic nitrogens is 2. The number of nitrogens with zero attached hydrogens (tertiary/aromatic N) is 1. The van der Waals surface area contributed by atoms with E-state index in [1.54, 1.807) is 0 Å². The van der Waals surface area contributed by atoms with Crippen LogP contribution in [0.5, 0.6) is 0 Å². The number of rotatable bonds is 4. The smallest absolute Gasteiger partial charge is 0.138 e. The van der Waals surface area contributed by atoms with Gasteiger partial charge in [0.15, 0.2) is 0 Å². The number of hydrogen-bond acceptors (Lipinski definition) is 2. The van der Waals surface area contributed by atoms with Gasteiger partial charge >= 0.3 is 0 Å². The minimum Gasteiger partial charge on any atom is -0.346 e. The highest BCUT2D eigenvalue weighted by Gasteiger charge is 2.10. The lowest BCUT2D eigenvalue weighted by Gasteiger charge is -2.09. The molecule has 2 nitrogen and oxygen atoms in total. The summed E-state index contributed by atoms with van der Waals surface area (Å²) in [6.07, 6.45) is 11.3. The molecule has 94 valence electrons. The molecular weight excluding hydrogens is 240 g/mol. The number of nitrogens with one attached hydrogen (secondary N) is 1. The fourth-order valence-corrected chi connectivity index (χ4v) is 3.03. The van der Waals surface area contributed by atoms with Crippen LogP contribution < -0.4 is 0 Å². The predicted molar refractivity (Wildman–Crippen MR) is 79.9 cm³/mol. The molecule has 0 aliphatic rings. The lowest BCUT2D eigenvalue weighted by Crippen LogP contribution is -1.89. The Bertz CT molecular complexity index is 594. The molecule has 0 aliphatic carbocycles. The van der Waals surface area contributed by atoms with E-state index in [0.717, 1.165) is 12.1 Å². The molecule has 2 rings (SSSR count). The topological polar surface area (TPSA) is 28.7 Å². The first-order valence-corrected chi connectivity index (χ1v) is 7.03. The van der Waals surface area contributed by atoms with Crippen LogP contribution in [0.25, 0.3) is 11.0 Å². The van der Waals surface area contributed by atoms with Crippen LogP contribution in [0.3, 0.4) is 0 Å². The Balaban J connectivity index is 2.50. The molecule has 0 aromatic carbocycles. The summed E-state index contributed by atoms with van der Waals surface area (Å²) in [5, 5.41) is 1.21. The molecular formula is C15H18N2S. The third kappa shape index (κ3) is 2.51. The van der Waals surface area contributed by atoms with Gasteiger partial charge in [0.2, 0.25) is 0 Å². The average molecular weight is 258 g/mol. The summed E-state index contributed by atoms with van der Waals surface area (Å²) in [4.78, 5) is 10.2. The Hall–Kier alpha value is -1.48. The number of hydrogen-bond donors (Lipinski definition) is 1. The Kier molecular flexibility index (Phi) is 4.26. The monoisotopic (exact) mass is 258 g/mol. The molecule has 0 amide bonds. The molecule has 2 aromatic rings. The fraction of sp³-hybridized carbons (Fsp3) is 0.267. The molecule has 18 heavy (non-hydrogen) atoms. The molecule has 2 heterocycles. The van der Waals surface area contributed by atoms with Crippen LogP contribution in [0.1, 0.15) is 26.3 Å². The number of fused-ring (bicyclic) bond motifs is 1. The highest BCUT2D eigenvalue weighted by molar-refractivity contribution is 8.03. The zero-order chi connectivity index (χ0) is 13.0. The lowest BCUT2D eigenvalue weighted by molar-refractivity contribution is 1.07. The van der Waals surface area contributed by atoms with Crippen molar-refractivity contribution in [3.8, 4) is 0 Å². The van der Waals surface area contributed by atoms with Crippen LogP contribution >= 0.6 is 11.8 Å². The molecule has 0 saturated heterocycles. The van der Waals surface area contributed by atoms with Gasteiger partial charge in [-0.25, -0.2) is 4.98 Å². The van der Waals surface area contributed by atoms with Crippen molar-refractivity contribution in [3.05, 3.63) is 47.2 Å². The van der Waals surface area contributed by atoms with Gasteiger partial charge in [0, 0.05) is 27.6 Å². The van der Waals surface area contributed by atoms with Gasteiger partial charge in [-0.3, -0.25) is 0 Å². The van der Waals surface area contributed by atoms with Gasteiger partial charge in [-0.05, 0) is 31.9 Å². The van der Waals surface area contributed by atoms with Crippen LogP contribution in [0.15, 0.2) is 46.5 Å². The highest BCUT2D eigenvalue weighted by atomic mass is 32.2. The van der Waals surface area contributed by atoms with Crippen molar-refractivity contribution >= 4 is 22.8 Å². The molecule has 0 saturated carbocycles. The highest BCUT2D eigenvalue weighted by Crippen LogP contribution is 2.35. The zero-order valence-corrected chi connectivity index (χ0v) is 11.8. The second-order valence-corrected chi connectivity index (χ2v) is 5.08. The maximum absolute atomic E-state index is 4.45. The molecule has 1 N–H and O–H groups in total. The molecule has 0 aliphatic heterocycles. The molecule has 0 bridgehead atoms. The summed E-state index contributed by atoms with van der Waals surface area (Å²) in [5.74, 6) is 0. The maximum Gasteiger partial charge on any atom is 0.138 e. The molecule has 2 aromatic heterocycles. The number of aryl methyl sites for hydroxylation is 1. The number of aromatic amines is 1. The average Bonchev–Trinajstić information content (AvgIpc) is 2.86.